The molecule has 0 aromatic carbocycles. The van der Waals surface area contributed by atoms with Crippen LogP contribution in [0.1, 0.15) is 10.6 Å². The molecule has 2 N–H and O–H groups in total. The maximum absolute atomic E-state index is 11.6. The van der Waals surface area contributed by atoms with Crippen LogP contribution in [0.25, 0.3) is 5.52 Å². The van der Waals surface area contributed by atoms with Gasteiger partial charge >= 0.3 is 5.97 Å². The molecule has 16 heavy (non-hydrogen) atoms. The number of carboxylic acid groups (broad SMARTS) is 1. The van der Waals surface area contributed by atoms with Crippen LogP contribution in [0.3, 0.4) is 0 Å². The van der Waals surface area contributed by atoms with Gasteiger partial charge in [0.25, 0.3) is 5.91 Å². The lowest BCUT2D eigenvalue weighted by molar-refractivity contribution is -0.135. The Morgan fingerprint density at radius 3 is 3.00 bits per heavy atom. The van der Waals surface area contributed by atoms with Crippen LogP contribution in [0.4, 0.5) is 0 Å². The minimum Gasteiger partial charge on any atom is -0.480 e. The molecule has 0 unspecified atom stereocenters. The molecule has 2 rings (SSSR count). The fraction of sp³-hybridized carbons (Fsp3) is 0.100. The fourth-order valence-corrected chi connectivity index (χ4v) is 1.35. The van der Waals surface area contributed by atoms with E-state index in [1.807, 2.05) is 6.07 Å². The molecule has 82 valence electrons. The number of hydrogen-bond donors (Lipinski definition) is 2. The van der Waals surface area contributed by atoms with Crippen LogP contribution in [0.2, 0.25) is 0 Å². The van der Waals surface area contributed by atoms with Gasteiger partial charge in [0.15, 0.2) is 0 Å². The molecule has 0 saturated carbocycles. The number of carbonyl (C=O) groups is 2. The van der Waals surface area contributed by atoms with Gasteiger partial charge in [-0.05, 0) is 12.1 Å². The first-order chi connectivity index (χ1) is 7.68. The summed E-state index contributed by atoms with van der Waals surface area (Å²) >= 11 is 0. The standard InChI is InChI=1S/C10H9N3O3/c14-8(15)6-12-10(16)9-11-5-7-3-1-2-4-13(7)9/h1-5H,6H2,(H,12,16)(H,14,15). The molecule has 2 heterocycles. The Bertz CT molecular complexity index is 547. The summed E-state index contributed by atoms with van der Waals surface area (Å²) in [6.45, 7) is -0.416. The number of rotatable bonds is 3. The Morgan fingerprint density at radius 2 is 2.25 bits per heavy atom. The molecule has 6 nitrogen and oxygen atoms in total. The summed E-state index contributed by atoms with van der Waals surface area (Å²) in [7, 11) is 0. The highest BCUT2D eigenvalue weighted by Crippen LogP contribution is 2.05. The van der Waals surface area contributed by atoms with E-state index in [0.29, 0.717) is 0 Å². The minimum absolute atomic E-state index is 0.178. The highest BCUT2D eigenvalue weighted by atomic mass is 16.4. The van der Waals surface area contributed by atoms with Gasteiger partial charge in [0, 0.05) is 6.20 Å². The van der Waals surface area contributed by atoms with E-state index >= 15 is 0 Å². The first-order valence-corrected chi connectivity index (χ1v) is 4.60. The molecular weight excluding hydrogens is 210 g/mol. The average molecular weight is 219 g/mol. The van der Waals surface area contributed by atoms with Crippen molar-refractivity contribution in [2.45, 2.75) is 0 Å². The lowest BCUT2D eigenvalue weighted by atomic mass is 10.4. The Morgan fingerprint density at radius 1 is 1.44 bits per heavy atom. The van der Waals surface area contributed by atoms with Crippen molar-refractivity contribution < 1.29 is 14.7 Å². The predicted octanol–water partition coefficient (Wildman–Crippen LogP) is 0.149. The Hall–Kier alpha value is -2.37. The van der Waals surface area contributed by atoms with Crippen molar-refractivity contribution in [2.75, 3.05) is 6.54 Å². The van der Waals surface area contributed by atoms with Crippen LogP contribution in [-0.2, 0) is 4.79 Å². The molecule has 0 fully saturated rings. The summed E-state index contributed by atoms with van der Waals surface area (Å²) in [5.74, 6) is -1.42. The van der Waals surface area contributed by atoms with Crippen LogP contribution >= 0.6 is 0 Å². The van der Waals surface area contributed by atoms with Crippen molar-refractivity contribution in [2.24, 2.45) is 0 Å². The van der Waals surface area contributed by atoms with E-state index in [2.05, 4.69) is 10.3 Å². The summed E-state index contributed by atoms with van der Waals surface area (Å²) in [6, 6.07) is 5.40. The van der Waals surface area contributed by atoms with E-state index in [4.69, 9.17) is 5.11 Å². The number of aromatic nitrogens is 2. The first-order valence-electron chi connectivity index (χ1n) is 4.60. The zero-order valence-corrected chi connectivity index (χ0v) is 8.25. The number of fused-ring (bicyclic) bond motifs is 1. The topological polar surface area (TPSA) is 83.7 Å². The molecule has 0 saturated heterocycles. The largest absolute Gasteiger partial charge is 0.480 e. The van der Waals surface area contributed by atoms with E-state index in [-0.39, 0.29) is 5.82 Å². The van der Waals surface area contributed by atoms with Gasteiger partial charge in [-0.1, -0.05) is 6.07 Å². The highest BCUT2D eigenvalue weighted by Gasteiger charge is 2.12. The van der Waals surface area contributed by atoms with Gasteiger partial charge in [-0.25, -0.2) is 4.98 Å². The summed E-state index contributed by atoms with van der Waals surface area (Å²) in [4.78, 5) is 25.8. The highest BCUT2D eigenvalue weighted by molar-refractivity contribution is 5.93. The number of nitrogens with one attached hydrogen (secondary N) is 1. The van der Waals surface area contributed by atoms with Crippen LogP contribution in [-0.4, -0.2) is 32.9 Å². The molecule has 0 bridgehead atoms. The monoisotopic (exact) mass is 219 g/mol. The molecule has 0 atom stereocenters. The number of pyridine rings is 1. The van der Waals surface area contributed by atoms with E-state index in [1.165, 1.54) is 0 Å². The van der Waals surface area contributed by atoms with Gasteiger partial charge in [0.2, 0.25) is 5.82 Å². The van der Waals surface area contributed by atoms with Crippen molar-refractivity contribution in [3.8, 4) is 0 Å². The molecule has 0 spiro atoms. The van der Waals surface area contributed by atoms with Gasteiger partial charge in [-0.2, -0.15) is 0 Å². The van der Waals surface area contributed by atoms with E-state index < -0.39 is 18.4 Å². The third kappa shape index (κ3) is 1.85. The lowest BCUT2D eigenvalue weighted by Crippen LogP contribution is -2.30. The molecule has 0 aliphatic rings. The van der Waals surface area contributed by atoms with Crippen molar-refractivity contribution in [3.05, 3.63) is 36.4 Å². The summed E-state index contributed by atoms with van der Waals surface area (Å²) in [5.41, 5.74) is 0.781. The van der Waals surface area contributed by atoms with E-state index in [0.717, 1.165) is 5.52 Å². The number of aliphatic carboxylic acids is 1. The molecule has 0 aliphatic carbocycles. The Balaban J connectivity index is 2.26. The lowest BCUT2D eigenvalue weighted by Gasteiger charge is -2.01. The van der Waals surface area contributed by atoms with E-state index in [9.17, 15) is 9.59 Å². The van der Waals surface area contributed by atoms with Gasteiger partial charge < -0.3 is 10.4 Å². The maximum atomic E-state index is 11.6. The normalized spacial score (nSPS) is 10.2. The summed E-state index contributed by atoms with van der Waals surface area (Å²) in [6.07, 6.45) is 3.24. The summed E-state index contributed by atoms with van der Waals surface area (Å²) in [5, 5.41) is 10.7. The second-order valence-electron chi connectivity index (χ2n) is 3.15. The molecule has 1 amide bonds. The number of imidazole rings is 1. The quantitative estimate of drug-likeness (QED) is 0.769. The molecular formula is C10H9N3O3. The van der Waals surface area contributed by atoms with Crippen LogP contribution in [0, 0.1) is 0 Å². The number of nitrogens with zero attached hydrogens (tertiary/aromatic N) is 2. The van der Waals surface area contributed by atoms with Crippen molar-refractivity contribution in [3.63, 3.8) is 0 Å². The second-order valence-corrected chi connectivity index (χ2v) is 3.15. The Kier molecular flexibility index (Phi) is 2.55. The van der Waals surface area contributed by atoms with Crippen molar-refractivity contribution in [1.82, 2.24) is 14.7 Å². The zero-order chi connectivity index (χ0) is 11.5. The molecule has 2 aromatic heterocycles. The van der Waals surface area contributed by atoms with Crippen molar-refractivity contribution in [1.29, 1.82) is 0 Å². The smallest absolute Gasteiger partial charge is 0.322 e. The minimum atomic E-state index is -1.09. The Labute approximate surface area is 90.5 Å². The molecule has 0 aliphatic heterocycles. The predicted molar refractivity (Wildman–Crippen MR) is 55.2 cm³/mol. The second kappa shape index (κ2) is 4.01. The molecule has 6 heteroatoms. The number of carboxylic acids is 1. The maximum Gasteiger partial charge on any atom is 0.322 e. The third-order valence-electron chi connectivity index (χ3n) is 2.04. The molecule has 0 radical (unpaired) electrons. The third-order valence-corrected chi connectivity index (χ3v) is 2.04. The number of carbonyl (C=O) groups excluding carboxylic acids is 1. The van der Waals surface area contributed by atoms with Gasteiger partial charge in [0.1, 0.15) is 6.54 Å². The number of amides is 1. The SMILES string of the molecule is O=C(O)CNC(=O)c1ncc2ccccn12. The molecule has 2 aromatic rings. The van der Waals surface area contributed by atoms with Gasteiger partial charge in [-0.3, -0.25) is 14.0 Å². The fourth-order valence-electron chi connectivity index (χ4n) is 1.35. The number of hydrogen-bond acceptors (Lipinski definition) is 3. The van der Waals surface area contributed by atoms with E-state index in [1.54, 1.807) is 28.9 Å². The van der Waals surface area contributed by atoms with Crippen LogP contribution in [0.5, 0.6) is 0 Å². The van der Waals surface area contributed by atoms with Gasteiger partial charge in [0.05, 0.1) is 11.7 Å². The average Bonchev–Trinajstić information content (AvgIpc) is 2.69. The van der Waals surface area contributed by atoms with Crippen molar-refractivity contribution >= 4 is 17.4 Å². The van der Waals surface area contributed by atoms with Crippen LogP contribution in [0.15, 0.2) is 30.6 Å². The first kappa shape index (κ1) is 10.2. The zero-order valence-electron chi connectivity index (χ0n) is 8.25. The van der Waals surface area contributed by atoms with Crippen LogP contribution < -0.4 is 5.32 Å². The van der Waals surface area contributed by atoms with Gasteiger partial charge in [-0.15, -0.1) is 0 Å². The summed E-state index contributed by atoms with van der Waals surface area (Å²) < 4.78 is 1.59.